The lowest BCUT2D eigenvalue weighted by atomic mass is 9.98. The number of amides is 1. The number of carbonyl (C=O) groups excluding carboxylic acids is 2. The number of anilines is 2. The van der Waals surface area contributed by atoms with Crippen LogP contribution in [0.3, 0.4) is 0 Å². The van der Waals surface area contributed by atoms with Crippen molar-refractivity contribution in [1.82, 2.24) is 5.16 Å². The van der Waals surface area contributed by atoms with E-state index in [1.807, 2.05) is 36.4 Å². The molecule has 0 saturated heterocycles. The fraction of sp³-hybridized carbons (Fsp3) is 0.148. The number of methoxy groups -OCH3 is 1. The second-order valence-corrected chi connectivity index (χ2v) is 7.95. The summed E-state index contributed by atoms with van der Waals surface area (Å²) in [5, 5.41) is 4.49. The van der Waals surface area contributed by atoms with Crippen molar-refractivity contribution in [1.29, 1.82) is 0 Å². The van der Waals surface area contributed by atoms with Crippen molar-refractivity contribution in [2.24, 2.45) is 0 Å². The minimum Gasteiger partial charge on any atom is -0.465 e. The van der Waals surface area contributed by atoms with Gasteiger partial charge in [-0.2, -0.15) is 0 Å². The Morgan fingerprint density at radius 1 is 0.971 bits per heavy atom. The lowest BCUT2D eigenvalue weighted by molar-refractivity contribution is 0.0601. The van der Waals surface area contributed by atoms with Gasteiger partial charge in [-0.05, 0) is 43.2 Å². The van der Waals surface area contributed by atoms with Crippen LogP contribution in [0.2, 0.25) is 5.02 Å². The molecule has 0 saturated carbocycles. The second-order valence-electron chi connectivity index (χ2n) is 7.55. The first-order chi connectivity index (χ1) is 17.0. The SMILES string of the molecule is CCOC(=O)N(c1ccccc1Cl)c1c(C)noc1-c1ccc(-c2ccccc2C(=O)OC)cc1. The molecule has 3 aromatic carbocycles. The molecule has 178 valence electrons. The van der Waals surface area contributed by atoms with E-state index in [2.05, 4.69) is 5.16 Å². The molecule has 0 spiro atoms. The first kappa shape index (κ1) is 24.0. The zero-order chi connectivity index (χ0) is 24.9. The van der Waals surface area contributed by atoms with Crippen molar-refractivity contribution >= 4 is 35.0 Å². The summed E-state index contributed by atoms with van der Waals surface area (Å²) in [6, 6.07) is 21.6. The van der Waals surface area contributed by atoms with E-state index in [0.29, 0.717) is 39.0 Å². The molecule has 0 aliphatic rings. The largest absolute Gasteiger partial charge is 0.465 e. The molecule has 4 aromatic rings. The van der Waals surface area contributed by atoms with Crippen molar-refractivity contribution in [3.8, 4) is 22.5 Å². The Kier molecular flexibility index (Phi) is 7.17. The van der Waals surface area contributed by atoms with Crippen LogP contribution in [0, 0.1) is 6.92 Å². The number of aromatic nitrogens is 1. The van der Waals surface area contributed by atoms with Crippen molar-refractivity contribution in [3.63, 3.8) is 0 Å². The van der Waals surface area contributed by atoms with E-state index >= 15 is 0 Å². The minimum absolute atomic E-state index is 0.188. The minimum atomic E-state index is -0.600. The topological polar surface area (TPSA) is 81.9 Å². The number of para-hydroxylation sites is 1. The van der Waals surface area contributed by atoms with Gasteiger partial charge in [0.25, 0.3) is 0 Å². The van der Waals surface area contributed by atoms with Gasteiger partial charge in [0.2, 0.25) is 0 Å². The summed E-state index contributed by atoms with van der Waals surface area (Å²) in [6.07, 6.45) is -0.600. The molecule has 0 bridgehead atoms. The van der Waals surface area contributed by atoms with E-state index in [4.69, 9.17) is 25.6 Å². The Bertz CT molecular complexity index is 1360. The normalized spacial score (nSPS) is 10.6. The van der Waals surface area contributed by atoms with E-state index in [9.17, 15) is 9.59 Å². The van der Waals surface area contributed by atoms with Crippen LogP contribution < -0.4 is 4.90 Å². The van der Waals surface area contributed by atoms with E-state index in [1.54, 1.807) is 50.2 Å². The standard InChI is InChI=1S/C27H23ClN2O5/c1-4-34-27(32)30(23-12-8-7-11-22(23)28)24-17(2)29-35-25(24)19-15-13-18(14-16-19)20-9-5-6-10-21(20)26(31)33-3/h5-16H,4H2,1-3H3. The molecule has 1 amide bonds. The summed E-state index contributed by atoms with van der Waals surface area (Å²) in [5.41, 5.74) is 4.08. The average Bonchev–Trinajstić information content (AvgIpc) is 3.26. The monoisotopic (exact) mass is 490 g/mol. The third-order valence-electron chi connectivity index (χ3n) is 5.39. The van der Waals surface area contributed by atoms with Crippen LogP contribution in [0.1, 0.15) is 23.0 Å². The van der Waals surface area contributed by atoms with Crippen LogP contribution in [0.15, 0.2) is 77.3 Å². The molecule has 1 aromatic heterocycles. The summed E-state index contributed by atoms with van der Waals surface area (Å²) >= 11 is 6.43. The zero-order valence-electron chi connectivity index (χ0n) is 19.4. The summed E-state index contributed by atoms with van der Waals surface area (Å²) in [6.45, 7) is 3.66. The first-order valence-corrected chi connectivity index (χ1v) is 11.3. The molecule has 35 heavy (non-hydrogen) atoms. The number of esters is 1. The molecule has 1 heterocycles. The lowest BCUT2D eigenvalue weighted by Crippen LogP contribution is -2.27. The Hall–Kier alpha value is -4.10. The van der Waals surface area contributed by atoms with Crippen LogP contribution in [0.25, 0.3) is 22.5 Å². The summed E-state index contributed by atoms with van der Waals surface area (Å²) in [7, 11) is 1.35. The molecule has 0 aliphatic heterocycles. The highest BCUT2D eigenvalue weighted by Crippen LogP contribution is 2.41. The third-order valence-corrected chi connectivity index (χ3v) is 5.71. The number of ether oxygens (including phenoxy) is 2. The van der Waals surface area contributed by atoms with Gasteiger partial charge in [0.1, 0.15) is 11.4 Å². The Morgan fingerprint density at radius 3 is 2.31 bits per heavy atom. The predicted octanol–water partition coefficient (Wildman–Crippen LogP) is 7.05. The molecule has 0 aliphatic carbocycles. The quantitative estimate of drug-likeness (QED) is 0.269. The van der Waals surface area contributed by atoms with Gasteiger partial charge in [0, 0.05) is 5.56 Å². The smallest absolute Gasteiger partial charge is 0.419 e. The first-order valence-electron chi connectivity index (χ1n) is 10.9. The molecule has 0 unspecified atom stereocenters. The second kappa shape index (κ2) is 10.4. The molecule has 0 fully saturated rings. The van der Waals surface area contributed by atoms with Gasteiger partial charge in [-0.15, -0.1) is 0 Å². The van der Waals surface area contributed by atoms with Crippen LogP contribution in [0.4, 0.5) is 16.2 Å². The van der Waals surface area contributed by atoms with Gasteiger partial charge in [0.15, 0.2) is 5.76 Å². The number of halogens is 1. The summed E-state index contributed by atoms with van der Waals surface area (Å²) in [4.78, 5) is 26.6. The van der Waals surface area contributed by atoms with Crippen molar-refractivity contribution < 1.29 is 23.6 Å². The highest BCUT2D eigenvalue weighted by Gasteiger charge is 2.30. The van der Waals surface area contributed by atoms with Crippen molar-refractivity contribution in [2.75, 3.05) is 18.6 Å². The molecule has 0 N–H and O–H groups in total. The molecule has 0 radical (unpaired) electrons. The Balaban J connectivity index is 1.79. The van der Waals surface area contributed by atoms with Gasteiger partial charge in [-0.3, -0.25) is 0 Å². The molecular weight excluding hydrogens is 468 g/mol. The van der Waals surface area contributed by atoms with E-state index in [-0.39, 0.29) is 6.61 Å². The number of aryl methyl sites for hydroxylation is 1. The highest BCUT2D eigenvalue weighted by atomic mass is 35.5. The third kappa shape index (κ3) is 4.76. The Labute approximate surface area is 207 Å². The van der Waals surface area contributed by atoms with Gasteiger partial charge >= 0.3 is 12.1 Å². The number of hydrogen-bond acceptors (Lipinski definition) is 6. The highest BCUT2D eigenvalue weighted by molar-refractivity contribution is 6.34. The maximum atomic E-state index is 13.0. The number of carbonyl (C=O) groups is 2. The van der Waals surface area contributed by atoms with E-state index in [1.165, 1.54) is 12.0 Å². The maximum Gasteiger partial charge on any atom is 0.419 e. The zero-order valence-corrected chi connectivity index (χ0v) is 20.2. The fourth-order valence-electron chi connectivity index (χ4n) is 3.77. The molecule has 8 heteroatoms. The molecular formula is C27H23ClN2O5. The Morgan fingerprint density at radius 2 is 1.63 bits per heavy atom. The van der Waals surface area contributed by atoms with Gasteiger partial charge in [-0.1, -0.05) is 71.4 Å². The van der Waals surface area contributed by atoms with Crippen LogP contribution in [-0.2, 0) is 9.47 Å². The molecule has 0 atom stereocenters. The number of benzene rings is 3. The number of nitrogens with zero attached hydrogens (tertiary/aromatic N) is 2. The maximum absolute atomic E-state index is 13.0. The van der Waals surface area contributed by atoms with Crippen LogP contribution >= 0.6 is 11.6 Å². The molecule has 4 rings (SSSR count). The van der Waals surface area contributed by atoms with Crippen molar-refractivity contribution in [2.45, 2.75) is 13.8 Å². The lowest BCUT2D eigenvalue weighted by Gasteiger charge is -2.23. The average molecular weight is 491 g/mol. The van der Waals surface area contributed by atoms with Gasteiger partial charge in [0.05, 0.1) is 30.0 Å². The summed E-state index contributed by atoms with van der Waals surface area (Å²) in [5.74, 6) is -0.0362. The van der Waals surface area contributed by atoms with Gasteiger partial charge in [-0.25, -0.2) is 14.5 Å². The van der Waals surface area contributed by atoms with E-state index < -0.39 is 12.1 Å². The van der Waals surface area contributed by atoms with Crippen LogP contribution in [0.5, 0.6) is 0 Å². The van der Waals surface area contributed by atoms with Gasteiger partial charge < -0.3 is 14.0 Å². The van der Waals surface area contributed by atoms with E-state index in [0.717, 1.165) is 11.1 Å². The number of hydrogen-bond donors (Lipinski definition) is 0. The fourth-order valence-corrected chi connectivity index (χ4v) is 3.99. The van der Waals surface area contributed by atoms with Crippen LogP contribution in [-0.4, -0.2) is 30.9 Å². The predicted molar refractivity (Wildman–Crippen MR) is 134 cm³/mol. The van der Waals surface area contributed by atoms with Crippen molar-refractivity contribution in [3.05, 3.63) is 89.1 Å². The number of rotatable bonds is 6. The summed E-state index contributed by atoms with van der Waals surface area (Å²) < 4.78 is 15.9. The molecule has 7 nitrogen and oxygen atoms in total.